The summed E-state index contributed by atoms with van der Waals surface area (Å²) in [7, 11) is 1.60. The van der Waals surface area contributed by atoms with Crippen LogP contribution in [-0.2, 0) is 0 Å². The van der Waals surface area contributed by atoms with Crippen molar-refractivity contribution >= 4 is 5.82 Å². The zero-order valence-corrected chi connectivity index (χ0v) is 12.4. The predicted octanol–water partition coefficient (Wildman–Crippen LogP) is 1.98. The molecule has 0 saturated heterocycles. The van der Waals surface area contributed by atoms with E-state index in [1.54, 1.807) is 31.9 Å². The molecule has 0 aliphatic heterocycles. The van der Waals surface area contributed by atoms with Crippen LogP contribution in [0.4, 0.5) is 5.82 Å². The Balaban J connectivity index is 2.24. The van der Waals surface area contributed by atoms with Gasteiger partial charge in [-0.2, -0.15) is 0 Å². The summed E-state index contributed by atoms with van der Waals surface area (Å²) >= 11 is 0. The van der Waals surface area contributed by atoms with Crippen LogP contribution in [0.1, 0.15) is 13.8 Å². The smallest absolute Gasteiger partial charge is 0.145 e. The summed E-state index contributed by atoms with van der Waals surface area (Å²) in [6.45, 7) is 4.12. The van der Waals surface area contributed by atoms with Crippen LogP contribution in [-0.4, -0.2) is 39.8 Å². The summed E-state index contributed by atoms with van der Waals surface area (Å²) in [5, 5.41) is 12.6. The highest BCUT2D eigenvalue weighted by Crippen LogP contribution is 2.21. The molecule has 21 heavy (non-hydrogen) atoms. The first-order valence-electron chi connectivity index (χ1n) is 6.83. The Morgan fingerprint density at radius 1 is 1.19 bits per heavy atom. The number of hydrogen-bond acceptors (Lipinski definition) is 6. The molecule has 2 N–H and O–H groups in total. The summed E-state index contributed by atoms with van der Waals surface area (Å²) in [6.07, 6.45) is 6.66. The largest absolute Gasteiger partial charge is 0.495 e. The van der Waals surface area contributed by atoms with E-state index in [4.69, 9.17) is 4.74 Å². The number of aromatic nitrogens is 3. The van der Waals surface area contributed by atoms with Crippen LogP contribution in [0.25, 0.3) is 11.3 Å². The molecular formula is C15H20N4O2. The molecular weight excluding hydrogens is 268 g/mol. The Bertz CT molecular complexity index is 589. The van der Waals surface area contributed by atoms with E-state index in [-0.39, 0.29) is 12.6 Å². The summed E-state index contributed by atoms with van der Waals surface area (Å²) in [5.41, 5.74) is 1.53. The van der Waals surface area contributed by atoms with Crippen molar-refractivity contribution < 1.29 is 9.84 Å². The average molecular weight is 288 g/mol. The van der Waals surface area contributed by atoms with Gasteiger partial charge in [-0.1, -0.05) is 13.8 Å². The van der Waals surface area contributed by atoms with Crippen molar-refractivity contribution in [1.82, 2.24) is 15.0 Å². The van der Waals surface area contributed by atoms with Gasteiger partial charge in [-0.15, -0.1) is 0 Å². The minimum atomic E-state index is -0.0574. The first-order valence-corrected chi connectivity index (χ1v) is 6.83. The molecule has 2 heterocycles. The molecule has 2 aromatic heterocycles. The normalized spacial score (nSPS) is 12.2. The summed E-state index contributed by atoms with van der Waals surface area (Å²) in [4.78, 5) is 12.8. The third kappa shape index (κ3) is 3.88. The maximum Gasteiger partial charge on any atom is 0.145 e. The zero-order valence-electron chi connectivity index (χ0n) is 12.4. The number of hydrogen-bond donors (Lipinski definition) is 2. The molecule has 0 spiro atoms. The lowest BCUT2D eigenvalue weighted by Gasteiger charge is -2.20. The number of nitrogens with one attached hydrogen (secondary N) is 1. The molecule has 0 unspecified atom stereocenters. The third-order valence-electron chi connectivity index (χ3n) is 3.21. The number of ether oxygens (including phenoxy) is 1. The molecule has 0 radical (unpaired) electrons. The van der Waals surface area contributed by atoms with E-state index in [2.05, 4.69) is 20.3 Å². The minimum Gasteiger partial charge on any atom is -0.495 e. The second-order valence-electron chi connectivity index (χ2n) is 5.08. The molecule has 6 heteroatoms. The Morgan fingerprint density at radius 2 is 1.95 bits per heavy atom. The Morgan fingerprint density at radius 3 is 2.62 bits per heavy atom. The predicted molar refractivity (Wildman–Crippen MR) is 81.1 cm³/mol. The van der Waals surface area contributed by atoms with Crippen molar-refractivity contribution in [1.29, 1.82) is 0 Å². The van der Waals surface area contributed by atoms with Crippen molar-refractivity contribution in [3.63, 3.8) is 0 Å². The number of rotatable bonds is 6. The van der Waals surface area contributed by atoms with Gasteiger partial charge < -0.3 is 15.2 Å². The average Bonchev–Trinajstić information content (AvgIpc) is 2.52. The lowest BCUT2D eigenvalue weighted by molar-refractivity contribution is 0.249. The molecule has 0 aliphatic rings. The van der Waals surface area contributed by atoms with Crippen LogP contribution >= 0.6 is 0 Å². The second-order valence-corrected chi connectivity index (χ2v) is 5.08. The standard InChI is InChI=1S/C15H20N4O2/c1-10(2)14(9-20)19-15-8-17-7-13(18-15)11-4-12(21-3)6-16-5-11/h4-8,10,14,20H,9H2,1-3H3,(H,18,19)/t14-/m1/s1. The topological polar surface area (TPSA) is 80.2 Å². The Kier molecular flexibility index (Phi) is 5.05. The fourth-order valence-corrected chi connectivity index (χ4v) is 1.86. The van der Waals surface area contributed by atoms with Gasteiger partial charge >= 0.3 is 0 Å². The van der Waals surface area contributed by atoms with Gasteiger partial charge in [0, 0.05) is 11.8 Å². The first-order chi connectivity index (χ1) is 10.1. The van der Waals surface area contributed by atoms with Crippen molar-refractivity contribution in [3.8, 4) is 17.0 Å². The van der Waals surface area contributed by atoms with E-state index < -0.39 is 0 Å². The van der Waals surface area contributed by atoms with E-state index >= 15 is 0 Å². The van der Waals surface area contributed by atoms with E-state index in [0.717, 1.165) is 5.56 Å². The van der Waals surface area contributed by atoms with Crippen molar-refractivity contribution in [2.75, 3.05) is 19.0 Å². The fourth-order valence-electron chi connectivity index (χ4n) is 1.86. The van der Waals surface area contributed by atoms with Gasteiger partial charge in [0.05, 0.1) is 44.0 Å². The summed E-state index contributed by atoms with van der Waals surface area (Å²) in [6, 6.07) is 1.80. The molecule has 112 valence electrons. The SMILES string of the molecule is COc1cncc(-c2cncc(N[C@H](CO)C(C)C)n2)c1. The van der Waals surface area contributed by atoms with Gasteiger partial charge in [-0.25, -0.2) is 4.98 Å². The van der Waals surface area contributed by atoms with Gasteiger partial charge in [-0.05, 0) is 12.0 Å². The fraction of sp³-hybridized carbons (Fsp3) is 0.400. The van der Waals surface area contributed by atoms with Crippen LogP contribution in [0.2, 0.25) is 0 Å². The summed E-state index contributed by atoms with van der Waals surface area (Å²) < 4.78 is 5.16. The Labute approximate surface area is 124 Å². The van der Waals surface area contributed by atoms with Gasteiger partial charge in [0.1, 0.15) is 11.6 Å². The van der Waals surface area contributed by atoms with Gasteiger partial charge in [0.25, 0.3) is 0 Å². The molecule has 0 amide bonds. The van der Waals surface area contributed by atoms with E-state index in [9.17, 15) is 5.11 Å². The zero-order chi connectivity index (χ0) is 15.2. The molecule has 6 nitrogen and oxygen atoms in total. The van der Waals surface area contributed by atoms with Crippen LogP contribution in [0.5, 0.6) is 5.75 Å². The molecule has 0 saturated carbocycles. The number of anilines is 1. The van der Waals surface area contributed by atoms with Crippen LogP contribution in [0.15, 0.2) is 30.9 Å². The van der Waals surface area contributed by atoms with E-state index in [0.29, 0.717) is 23.2 Å². The monoisotopic (exact) mass is 288 g/mol. The quantitative estimate of drug-likeness (QED) is 0.846. The molecule has 0 fully saturated rings. The number of nitrogens with zero attached hydrogens (tertiary/aromatic N) is 3. The van der Waals surface area contributed by atoms with E-state index in [1.165, 1.54) is 0 Å². The highest BCUT2D eigenvalue weighted by molar-refractivity contribution is 5.60. The first kappa shape index (κ1) is 15.2. The number of pyridine rings is 1. The number of methoxy groups -OCH3 is 1. The highest BCUT2D eigenvalue weighted by Gasteiger charge is 2.13. The molecule has 0 bridgehead atoms. The maximum absolute atomic E-state index is 9.38. The van der Waals surface area contributed by atoms with Crippen molar-refractivity contribution in [3.05, 3.63) is 30.9 Å². The van der Waals surface area contributed by atoms with Crippen molar-refractivity contribution in [2.24, 2.45) is 5.92 Å². The van der Waals surface area contributed by atoms with Crippen molar-refractivity contribution in [2.45, 2.75) is 19.9 Å². The second kappa shape index (κ2) is 6.99. The molecule has 1 atom stereocenters. The van der Waals surface area contributed by atoms with Crippen LogP contribution in [0.3, 0.4) is 0 Å². The lowest BCUT2D eigenvalue weighted by atomic mass is 10.1. The van der Waals surface area contributed by atoms with Crippen LogP contribution < -0.4 is 10.1 Å². The lowest BCUT2D eigenvalue weighted by Crippen LogP contribution is -2.29. The maximum atomic E-state index is 9.38. The number of aliphatic hydroxyl groups is 1. The van der Waals surface area contributed by atoms with Gasteiger partial charge in [-0.3, -0.25) is 9.97 Å². The molecule has 0 aromatic carbocycles. The van der Waals surface area contributed by atoms with Crippen LogP contribution in [0, 0.1) is 5.92 Å². The molecule has 2 aromatic rings. The number of aliphatic hydroxyl groups excluding tert-OH is 1. The third-order valence-corrected chi connectivity index (χ3v) is 3.21. The molecule has 2 rings (SSSR count). The molecule has 0 aliphatic carbocycles. The summed E-state index contributed by atoms with van der Waals surface area (Å²) in [5.74, 6) is 1.59. The van der Waals surface area contributed by atoms with E-state index in [1.807, 2.05) is 19.9 Å². The minimum absolute atomic E-state index is 0.0459. The van der Waals surface area contributed by atoms with Gasteiger partial charge in [0.15, 0.2) is 0 Å². The van der Waals surface area contributed by atoms with Gasteiger partial charge in [0.2, 0.25) is 0 Å². The highest BCUT2D eigenvalue weighted by atomic mass is 16.5. The Hall–Kier alpha value is -2.21.